The number of nitrogens with zero attached hydrogens (tertiary/aromatic N) is 4. The summed E-state index contributed by atoms with van der Waals surface area (Å²) in [6.07, 6.45) is 9.55. The number of aromatic amines is 1. The van der Waals surface area contributed by atoms with Crippen LogP contribution < -0.4 is 4.74 Å². The van der Waals surface area contributed by atoms with Crippen molar-refractivity contribution in [3.05, 3.63) is 61.4 Å². The van der Waals surface area contributed by atoms with Crippen molar-refractivity contribution in [3.63, 3.8) is 0 Å². The van der Waals surface area contributed by atoms with Gasteiger partial charge in [0.2, 0.25) is 0 Å². The number of benzene rings is 1. The van der Waals surface area contributed by atoms with Crippen LogP contribution in [0.25, 0.3) is 22.4 Å². The SMILES string of the molecule is OC(COc1cccc2[nH]ccc12)Cn1ccnc1-c1cnccn1. The Labute approximate surface area is 144 Å². The number of fused-ring (bicyclic) bond motifs is 1. The van der Waals surface area contributed by atoms with Crippen molar-refractivity contribution in [3.8, 4) is 17.3 Å². The maximum absolute atomic E-state index is 10.4. The Hall–Kier alpha value is -3.19. The molecule has 4 aromatic rings. The molecule has 7 nitrogen and oxygen atoms in total. The van der Waals surface area contributed by atoms with Crippen molar-refractivity contribution in [1.29, 1.82) is 0 Å². The molecule has 7 heteroatoms. The predicted molar refractivity (Wildman–Crippen MR) is 93.1 cm³/mol. The lowest BCUT2D eigenvalue weighted by Gasteiger charge is -2.15. The first-order chi connectivity index (χ1) is 12.3. The number of H-pyrrole nitrogens is 1. The number of ether oxygens (including phenoxy) is 1. The summed E-state index contributed by atoms with van der Waals surface area (Å²) >= 11 is 0. The molecular formula is C18H17N5O2. The van der Waals surface area contributed by atoms with Gasteiger partial charge in [0.1, 0.15) is 24.2 Å². The third-order valence-electron chi connectivity index (χ3n) is 3.90. The van der Waals surface area contributed by atoms with E-state index in [9.17, 15) is 5.11 Å². The summed E-state index contributed by atoms with van der Waals surface area (Å²) in [5.41, 5.74) is 1.67. The largest absolute Gasteiger partial charge is 0.490 e. The molecular weight excluding hydrogens is 318 g/mol. The molecule has 0 saturated carbocycles. The second-order valence-corrected chi connectivity index (χ2v) is 5.65. The van der Waals surface area contributed by atoms with E-state index in [-0.39, 0.29) is 6.61 Å². The van der Waals surface area contributed by atoms with Crippen LogP contribution in [0, 0.1) is 0 Å². The highest BCUT2D eigenvalue weighted by atomic mass is 16.5. The van der Waals surface area contributed by atoms with E-state index in [1.165, 1.54) is 0 Å². The normalized spacial score (nSPS) is 12.4. The van der Waals surface area contributed by atoms with Crippen molar-refractivity contribution in [1.82, 2.24) is 24.5 Å². The Bertz CT molecular complexity index is 964. The van der Waals surface area contributed by atoms with E-state index in [4.69, 9.17) is 4.74 Å². The first-order valence-corrected chi connectivity index (χ1v) is 7.96. The van der Waals surface area contributed by atoms with Gasteiger partial charge in [-0.15, -0.1) is 0 Å². The van der Waals surface area contributed by atoms with Gasteiger partial charge in [-0.2, -0.15) is 0 Å². The first kappa shape index (κ1) is 15.3. The van der Waals surface area contributed by atoms with E-state index >= 15 is 0 Å². The van der Waals surface area contributed by atoms with Crippen molar-refractivity contribution in [2.75, 3.05) is 6.61 Å². The van der Waals surface area contributed by atoms with Crippen molar-refractivity contribution >= 4 is 10.9 Å². The van der Waals surface area contributed by atoms with Crippen LogP contribution in [0.2, 0.25) is 0 Å². The van der Waals surface area contributed by atoms with E-state index in [1.54, 1.807) is 31.0 Å². The summed E-state index contributed by atoms with van der Waals surface area (Å²) in [7, 11) is 0. The Morgan fingerprint density at radius 2 is 2.12 bits per heavy atom. The Balaban J connectivity index is 1.44. The van der Waals surface area contributed by atoms with Crippen LogP contribution in [-0.4, -0.2) is 42.3 Å². The van der Waals surface area contributed by atoms with E-state index < -0.39 is 6.10 Å². The Morgan fingerprint density at radius 3 is 3.00 bits per heavy atom. The zero-order chi connectivity index (χ0) is 17.1. The molecule has 0 bridgehead atoms. The molecule has 0 spiro atoms. The molecule has 2 N–H and O–H groups in total. The third-order valence-corrected chi connectivity index (χ3v) is 3.90. The lowest BCUT2D eigenvalue weighted by atomic mass is 10.2. The highest BCUT2D eigenvalue weighted by molar-refractivity contribution is 5.85. The van der Waals surface area contributed by atoms with Gasteiger partial charge in [0.15, 0.2) is 5.82 Å². The number of aliphatic hydroxyl groups is 1. The molecule has 3 heterocycles. The van der Waals surface area contributed by atoms with Crippen molar-refractivity contribution < 1.29 is 9.84 Å². The number of hydrogen-bond acceptors (Lipinski definition) is 5. The molecule has 0 radical (unpaired) electrons. The van der Waals surface area contributed by atoms with E-state index in [0.29, 0.717) is 18.1 Å². The molecule has 0 amide bonds. The van der Waals surface area contributed by atoms with Crippen LogP contribution in [0.5, 0.6) is 5.75 Å². The minimum atomic E-state index is -0.682. The number of aliphatic hydroxyl groups excluding tert-OH is 1. The second-order valence-electron chi connectivity index (χ2n) is 5.65. The van der Waals surface area contributed by atoms with Crippen LogP contribution in [0.15, 0.2) is 61.4 Å². The van der Waals surface area contributed by atoms with E-state index in [1.807, 2.05) is 35.0 Å². The smallest absolute Gasteiger partial charge is 0.160 e. The molecule has 1 aromatic carbocycles. The Morgan fingerprint density at radius 1 is 1.16 bits per heavy atom. The van der Waals surface area contributed by atoms with Gasteiger partial charge in [-0.3, -0.25) is 4.98 Å². The molecule has 3 aromatic heterocycles. The van der Waals surface area contributed by atoms with Gasteiger partial charge < -0.3 is 19.4 Å². The topological polar surface area (TPSA) is 88.9 Å². The molecule has 4 rings (SSSR count). The maximum atomic E-state index is 10.4. The molecule has 0 fully saturated rings. The molecule has 0 aliphatic carbocycles. The Kier molecular flexibility index (Phi) is 4.14. The van der Waals surface area contributed by atoms with Gasteiger partial charge in [-0.05, 0) is 18.2 Å². The molecule has 1 atom stereocenters. The van der Waals surface area contributed by atoms with Gasteiger partial charge in [-0.1, -0.05) is 6.07 Å². The summed E-state index contributed by atoms with van der Waals surface area (Å²) in [6.45, 7) is 0.539. The highest BCUT2D eigenvalue weighted by Gasteiger charge is 2.13. The average Bonchev–Trinajstić information content (AvgIpc) is 3.30. The summed E-state index contributed by atoms with van der Waals surface area (Å²) in [4.78, 5) is 15.7. The fourth-order valence-corrected chi connectivity index (χ4v) is 2.75. The minimum absolute atomic E-state index is 0.183. The van der Waals surface area contributed by atoms with Crippen molar-refractivity contribution in [2.24, 2.45) is 0 Å². The number of rotatable bonds is 6. The molecule has 126 valence electrons. The monoisotopic (exact) mass is 335 g/mol. The highest BCUT2D eigenvalue weighted by Crippen LogP contribution is 2.24. The van der Waals surface area contributed by atoms with Crippen LogP contribution in [0.1, 0.15) is 0 Å². The van der Waals surface area contributed by atoms with Gasteiger partial charge in [0.25, 0.3) is 0 Å². The summed E-state index contributed by atoms with van der Waals surface area (Å²) < 4.78 is 7.64. The zero-order valence-electron chi connectivity index (χ0n) is 13.4. The van der Waals surface area contributed by atoms with Gasteiger partial charge in [0.05, 0.1) is 12.7 Å². The maximum Gasteiger partial charge on any atom is 0.160 e. The molecule has 0 saturated heterocycles. The minimum Gasteiger partial charge on any atom is -0.490 e. The standard InChI is InChI=1S/C18H17N5O2/c24-13(12-25-17-3-1-2-15-14(17)4-5-20-15)11-23-9-8-22-18(23)16-10-19-6-7-21-16/h1-10,13,20,24H,11-12H2. The average molecular weight is 335 g/mol. The van der Waals surface area contributed by atoms with Crippen LogP contribution in [0.3, 0.4) is 0 Å². The fraction of sp³-hybridized carbons (Fsp3) is 0.167. The third kappa shape index (κ3) is 3.22. The van der Waals surface area contributed by atoms with Gasteiger partial charge in [0, 0.05) is 41.9 Å². The summed E-state index contributed by atoms with van der Waals surface area (Å²) in [6, 6.07) is 7.75. The fourth-order valence-electron chi connectivity index (χ4n) is 2.75. The van der Waals surface area contributed by atoms with Crippen LogP contribution >= 0.6 is 0 Å². The quantitative estimate of drug-likeness (QED) is 0.564. The molecule has 25 heavy (non-hydrogen) atoms. The summed E-state index contributed by atoms with van der Waals surface area (Å²) in [5.74, 6) is 1.41. The zero-order valence-corrected chi connectivity index (χ0v) is 13.4. The lowest BCUT2D eigenvalue weighted by molar-refractivity contribution is 0.0936. The lowest BCUT2D eigenvalue weighted by Crippen LogP contribution is -2.23. The predicted octanol–water partition coefficient (Wildman–Crippen LogP) is 2.26. The van der Waals surface area contributed by atoms with E-state index in [0.717, 1.165) is 16.7 Å². The van der Waals surface area contributed by atoms with E-state index in [2.05, 4.69) is 19.9 Å². The van der Waals surface area contributed by atoms with Gasteiger partial charge >= 0.3 is 0 Å². The summed E-state index contributed by atoms with van der Waals surface area (Å²) in [5, 5.41) is 11.4. The number of aromatic nitrogens is 5. The molecule has 0 aliphatic rings. The first-order valence-electron chi connectivity index (χ1n) is 7.96. The van der Waals surface area contributed by atoms with Crippen LogP contribution in [-0.2, 0) is 6.54 Å². The van der Waals surface area contributed by atoms with Crippen LogP contribution in [0.4, 0.5) is 0 Å². The molecule has 0 aliphatic heterocycles. The second kappa shape index (κ2) is 6.74. The van der Waals surface area contributed by atoms with Gasteiger partial charge in [-0.25, -0.2) is 9.97 Å². The number of nitrogens with one attached hydrogen (secondary N) is 1. The number of hydrogen-bond donors (Lipinski definition) is 2. The molecule has 1 unspecified atom stereocenters. The van der Waals surface area contributed by atoms with Crippen molar-refractivity contribution in [2.45, 2.75) is 12.6 Å². The number of imidazole rings is 1.